The minimum Gasteiger partial charge on any atom is -0.354 e. The summed E-state index contributed by atoms with van der Waals surface area (Å²) in [6.45, 7) is 2.25. The standard InChI is InChI=1S/C17H21FN4O2/c1-12-3-5-14(9-15(12)18)17(24)20-8-7-19-16(23)6-4-13-10-21-22(2)11-13/h3,5,9-11H,4,6-8H2,1-2H3,(H,19,23)(H,20,24). The van der Waals surface area contributed by atoms with Gasteiger partial charge >= 0.3 is 0 Å². The number of halogens is 1. The first kappa shape index (κ1) is 17.7. The molecule has 0 saturated heterocycles. The van der Waals surface area contributed by atoms with Crippen LogP contribution in [0.4, 0.5) is 4.39 Å². The van der Waals surface area contributed by atoms with E-state index in [9.17, 15) is 14.0 Å². The maximum absolute atomic E-state index is 13.4. The zero-order chi connectivity index (χ0) is 17.5. The van der Waals surface area contributed by atoms with Gasteiger partial charge in [-0.3, -0.25) is 14.3 Å². The van der Waals surface area contributed by atoms with Gasteiger partial charge in [0.05, 0.1) is 6.20 Å². The molecule has 24 heavy (non-hydrogen) atoms. The van der Waals surface area contributed by atoms with Crippen molar-refractivity contribution in [2.75, 3.05) is 13.1 Å². The zero-order valence-corrected chi connectivity index (χ0v) is 13.8. The minimum absolute atomic E-state index is 0.0884. The SMILES string of the molecule is Cc1ccc(C(=O)NCCNC(=O)CCc2cnn(C)c2)cc1F. The molecule has 0 unspecified atom stereocenters. The van der Waals surface area contributed by atoms with E-state index >= 15 is 0 Å². The molecule has 0 spiro atoms. The highest BCUT2D eigenvalue weighted by Crippen LogP contribution is 2.08. The van der Waals surface area contributed by atoms with Gasteiger partial charge in [-0.25, -0.2) is 4.39 Å². The molecule has 2 N–H and O–H groups in total. The van der Waals surface area contributed by atoms with Crippen LogP contribution in [0.1, 0.15) is 27.9 Å². The fourth-order valence-electron chi connectivity index (χ4n) is 2.16. The average Bonchev–Trinajstić information content (AvgIpc) is 2.97. The Morgan fingerprint density at radius 1 is 1.25 bits per heavy atom. The number of benzene rings is 1. The van der Waals surface area contributed by atoms with E-state index < -0.39 is 5.82 Å². The van der Waals surface area contributed by atoms with Crippen molar-refractivity contribution in [1.82, 2.24) is 20.4 Å². The summed E-state index contributed by atoms with van der Waals surface area (Å²) in [4.78, 5) is 23.6. The monoisotopic (exact) mass is 332 g/mol. The van der Waals surface area contributed by atoms with Crippen molar-refractivity contribution >= 4 is 11.8 Å². The third-order valence-corrected chi connectivity index (χ3v) is 3.57. The van der Waals surface area contributed by atoms with Crippen molar-refractivity contribution in [3.8, 4) is 0 Å². The Bertz CT molecular complexity index is 727. The quantitative estimate of drug-likeness (QED) is 0.752. The van der Waals surface area contributed by atoms with Gasteiger partial charge in [-0.2, -0.15) is 5.10 Å². The molecule has 1 aromatic carbocycles. The predicted octanol–water partition coefficient (Wildman–Crippen LogP) is 1.35. The molecular formula is C17H21FN4O2. The fourth-order valence-corrected chi connectivity index (χ4v) is 2.16. The van der Waals surface area contributed by atoms with E-state index in [0.29, 0.717) is 24.9 Å². The second-order valence-corrected chi connectivity index (χ2v) is 5.59. The number of aromatic nitrogens is 2. The van der Waals surface area contributed by atoms with Crippen LogP contribution in [0.5, 0.6) is 0 Å². The topological polar surface area (TPSA) is 76.0 Å². The highest BCUT2D eigenvalue weighted by atomic mass is 19.1. The van der Waals surface area contributed by atoms with Crippen LogP contribution in [-0.4, -0.2) is 34.7 Å². The molecule has 1 heterocycles. The maximum Gasteiger partial charge on any atom is 0.251 e. The first-order valence-electron chi connectivity index (χ1n) is 7.74. The summed E-state index contributed by atoms with van der Waals surface area (Å²) in [6.07, 6.45) is 4.58. The van der Waals surface area contributed by atoms with E-state index in [-0.39, 0.29) is 23.9 Å². The predicted molar refractivity (Wildman–Crippen MR) is 88.0 cm³/mol. The van der Waals surface area contributed by atoms with Crippen LogP contribution in [0.25, 0.3) is 0 Å². The summed E-state index contributed by atoms with van der Waals surface area (Å²) in [7, 11) is 1.83. The molecule has 1 aromatic heterocycles. The number of hydrogen-bond donors (Lipinski definition) is 2. The summed E-state index contributed by atoms with van der Waals surface area (Å²) in [6, 6.07) is 4.34. The largest absolute Gasteiger partial charge is 0.354 e. The van der Waals surface area contributed by atoms with E-state index in [1.54, 1.807) is 29.9 Å². The number of nitrogens with one attached hydrogen (secondary N) is 2. The van der Waals surface area contributed by atoms with Gasteiger partial charge in [0.15, 0.2) is 0 Å². The van der Waals surface area contributed by atoms with Crippen molar-refractivity contribution < 1.29 is 14.0 Å². The highest BCUT2D eigenvalue weighted by molar-refractivity contribution is 5.94. The lowest BCUT2D eigenvalue weighted by molar-refractivity contribution is -0.121. The first-order chi connectivity index (χ1) is 11.5. The molecule has 7 heteroatoms. The van der Waals surface area contributed by atoms with Gasteiger partial charge in [-0.1, -0.05) is 6.07 Å². The van der Waals surface area contributed by atoms with Gasteiger partial charge in [0.2, 0.25) is 5.91 Å². The van der Waals surface area contributed by atoms with Crippen molar-refractivity contribution in [3.05, 3.63) is 53.1 Å². The third-order valence-electron chi connectivity index (χ3n) is 3.57. The molecule has 2 aromatic rings. The van der Waals surface area contributed by atoms with Gasteiger partial charge in [0.1, 0.15) is 5.82 Å². The molecule has 2 rings (SSSR count). The summed E-state index contributed by atoms with van der Waals surface area (Å²) >= 11 is 0. The van der Waals surface area contributed by atoms with Crippen molar-refractivity contribution in [3.63, 3.8) is 0 Å². The number of nitrogens with zero attached hydrogens (tertiary/aromatic N) is 2. The third kappa shape index (κ3) is 5.19. The van der Waals surface area contributed by atoms with Gasteiger partial charge < -0.3 is 10.6 Å². The van der Waals surface area contributed by atoms with Crippen LogP contribution in [0.15, 0.2) is 30.6 Å². The molecule has 6 nitrogen and oxygen atoms in total. The van der Waals surface area contributed by atoms with Gasteiger partial charge in [0.25, 0.3) is 5.91 Å². The molecule has 0 aliphatic rings. The Kier molecular flexibility index (Phi) is 6.06. The van der Waals surface area contributed by atoms with Gasteiger partial charge in [-0.15, -0.1) is 0 Å². The smallest absolute Gasteiger partial charge is 0.251 e. The fraction of sp³-hybridized carbons (Fsp3) is 0.353. The van der Waals surface area contributed by atoms with E-state index in [1.165, 1.54) is 6.07 Å². The molecule has 2 amide bonds. The van der Waals surface area contributed by atoms with Crippen LogP contribution in [0, 0.1) is 12.7 Å². The summed E-state index contributed by atoms with van der Waals surface area (Å²) in [5.74, 6) is -0.862. The second-order valence-electron chi connectivity index (χ2n) is 5.59. The van der Waals surface area contributed by atoms with E-state index in [0.717, 1.165) is 5.56 Å². The van der Waals surface area contributed by atoms with E-state index in [1.807, 2.05) is 13.2 Å². The van der Waals surface area contributed by atoms with E-state index in [2.05, 4.69) is 15.7 Å². The molecule has 0 aliphatic carbocycles. The average molecular weight is 332 g/mol. The molecule has 128 valence electrons. The van der Waals surface area contributed by atoms with Crippen LogP contribution in [0.2, 0.25) is 0 Å². The molecule has 0 bridgehead atoms. The van der Waals surface area contributed by atoms with Gasteiger partial charge in [0, 0.05) is 38.3 Å². The van der Waals surface area contributed by atoms with Crippen molar-refractivity contribution in [2.24, 2.45) is 7.05 Å². The zero-order valence-electron chi connectivity index (χ0n) is 13.8. The lowest BCUT2D eigenvalue weighted by Crippen LogP contribution is -2.34. The molecule has 0 aliphatic heterocycles. The lowest BCUT2D eigenvalue weighted by Gasteiger charge is -2.07. The maximum atomic E-state index is 13.4. The molecule has 0 fully saturated rings. The lowest BCUT2D eigenvalue weighted by atomic mass is 10.1. The summed E-state index contributed by atoms with van der Waals surface area (Å²) in [5, 5.41) is 9.42. The van der Waals surface area contributed by atoms with Crippen LogP contribution in [-0.2, 0) is 18.3 Å². The number of rotatable bonds is 7. The molecule has 0 saturated carbocycles. The molecule has 0 radical (unpaired) electrons. The Balaban J connectivity index is 1.65. The van der Waals surface area contributed by atoms with E-state index in [4.69, 9.17) is 0 Å². The first-order valence-corrected chi connectivity index (χ1v) is 7.74. The Hall–Kier alpha value is -2.70. The van der Waals surface area contributed by atoms with Crippen LogP contribution < -0.4 is 10.6 Å². The Morgan fingerprint density at radius 3 is 2.67 bits per heavy atom. The van der Waals surface area contributed by atoms with Gasteiger partial charge in [-0.05, 0) is 36.6 Å². The number of hydrogen-bond acceptors (Lipinski definition) is 3. The number of carbonyl (C=O) groups is 2. The number of aryl methyl sites for hydroxylation is 3. The number of carbonyl (C=O) groups excluding carboxylic acids is 2. The molecule has 0 atom stereocenters. The summed E-state index contributed by atoms with van der Waals surface area (Å²) in [5.41, 5.74) is 1.76. The Labute approximate surface area is 140 Å². The second kappa shape index (κ2) is 8.24. The summed E-state index contributed by atoms with van der Waals surface area (Å²) < 4.78 is 15.1. The van der Waals surface area contributed by atoms with Crippen molar-refractivity contribution in [1.29, 1.82) is 0 Å². The van der Waals surface area contributed by atoms with Crippen LogP contribution in [0.3, 0.4) is 0 Å². The minimum atomic E-state index is -0.411. The van der Waals surface area contributed by atoms with Crippen LogP contribution >= 0.6 is 0 Å². The normalized spacial score (nSPS) is 10.5. The Morgan fingerprint density at radius 2 is 2.00 bits per heavy atom. The highest BCUT2D eigenvalue weighted by Gasteiger charge is 2.08. The molecular weight excluding hydrogens is 311 g/mol. The number of amides is 2. The van der Waals surface area contributed by atoms with Crippen molar-refractivity contribution in [2.45, 2.75) is 19.8 Å².